The monoisotopic (exact) mass is 429 g/mol. The first-order valence-corrected chi connectivity index (χ1v) is 11.5. The molecule has 0 saturated carbocycles. The van der Waals surface area contributed by atoms with Crippen molar-refractivity contribution in [1.29, 1.82) is 0 Å². The molecule has 0 spiro atoms. The maximum absolute atomic E-state index is 12.5. The van der Waals surface area contributed by atoms with Gasteiger partial charge in [-0.05, 0) is 42.7 Å². The standard InChI is InChI=1S/C20H23N5O4S/c1-30(28,29)25-8-2-3-15(12-25)16-7-5-14(11-21-16)19(26)22-10-13-4-6-17-18(9-13)24-20(27)23-17/h4-7,9,11,15H,2-3,8,10,12H2,1H3,(H,22,26)(H2,23,24,27)/t15-/m0/s1. The van der Waals surface area contributed by atoms with Gasteiger partial charge in [-0.15, -0.1) is 0 Å². The molecule has 3 N–H and O–H groups in total. The molecule has 0 unspecified atom stereocenters. The summed E-state index contributed by atoms with van der Waals surface area (Å²) in [4.78, 5) is 33.6. The topological polar surface area (TPSA) is 128 Å². The smallest absolute Gasteiger partial charge is 0.323 e. The number of carbonyl (C=O) groups is 1. The first-order valence-electron chi connectivity index (χ1n) is 9.70. The van der Waals surface area contributed by atoms with Gasteiger partial charge in [-0.2, -0.15) is 0 Å². The minimum atomic E-state index is -3.21. The van der Waals surface area contributed by atoms with Gasteiger partial charge in [0.1, 0.15) is 0 Å². The van der Waals surface area contributed by atoms with Gasteiger partial charge in [0, 0.05) is 37.4 Å². The van der Waals surface area contributed by atoms with E-state index in [2.05, 4.69) is 20.3 Å². The lowest BCUT2D eigenvalue weighted by Crippen LogP contribution is -2.38. The largest absolute Gasteiger partial charge is 0.348 e. The van der Waals surface area contributed by atoms with Gasteiger partial charge in [-0.1, -0.05) is 6.07 Å². The van der Waals surface area contributed by atoms with E-state index in [-0.39, 0.29) is 17.5 Å². The number of H-pyrrole nitrogens is 2. The number of sulfonamides is 1. The summed E-state index contributed by atoms with van der Waals surface area (Å²) in [6.45, 7) is 1.27. The van der Waals surface area contributed by atoms with Crippen molar-refractivity contribution in [2.45, 2.75) is 25.3 Å². The van der Waals surface area contributed by atoms with Gasteiger partial charge in [0.25, 0.3) is 5.91 Å². The zero-order valence-corrected chi connectivity index (χ0v) is 17.3. The van der Waals surface area contributed by atoms with Crippen LogP contribution in [0.25, 0.3) is 11.0 Å². The van der Waals surface area contributed by atoms with Crippen molar-refractivity contribution in [2.75, 3.05) is 19.3 Å². The van der Waals surface area contributed by atoms with Crippen molar-refractivity contribution in [1.82, 2.24) is 24.6 Å². The third-order valence-corrected chi connectivity index (χ3v) is 6.62. The molecule has 10 heteroatoms. The van der Waals surface area contributed by atoms with Crippen LogP contribution in [0, 0.1) is 0 Å². The number of imidazole rings is 1. The van der Waals surface area contributed by atoms with Crippen LogP contribution in [0.1, 0.15) is 40.4 Å². The Labute approximate surface area is 173 Å². The highest BCUT2D eigenvalue weighted by atomic mass is 32.2. The van der Waals surface area contributed by atoms with Gasteiger partial charge in [0.15, 0.2) is 0 Å². The van der Waals surface area contributed by atoms with Crippen molar-refractivity contribution in [2.24, 2.45) is 0 Å². The summed E-state index contributed by atoms with van der Waals surface area (Å²) in [5.41, 5.74) is 3.22. The molecule has 158 valence electrons. The Bertz CT molecular complexity index is 1230. The number of aromatic amines is 2. The Morgan fingerprint density at radius 2 is 2.03 bits per heavy atom. The minimum absolute atomic E-state index is 0.0285. The number of nitrogens with one attached hydrogen (secondary N) is 3. The molecular formula is C20H23N5O4S. The van der Waals surface area contributed by atoms with Crippen molar-refractivity contribution >= 4 is 27.0 Å². The van der Waals surface area contributed by atoms with Crippen LogP contribution in [0.3, 0.4) is 0 Å². The molecule has 0 aliphatic carbocycles. The number of benzene rings is 1. The number of amides is 1. The summed E-state index contributed by atoms with van der Waals surface area (Å²) in [6, 6.07) is 8.94. The third-order valence-electron chi connectivity index (χ3n) is 5.35. The number of piperidine rings is 1. The van der Waals surface area contributed by atoms with Crippen LogP contribution < -0.4 is 11.0 Å². The molecule has 1 aliphatic rings. The number of pyridine rings is 1. The summed E-state index contributed by atoms with van der Waals surface area (Å²) in [6.07, 6.45) is 4.41. The highest BCUT2D eigenvalue weighted by Gasteiger charge is 2.27. The molecule has 1 atom stereocenters. The quantitative estimate of drug-likeness (QED) is 0.564. The summed E-state index contributed by atoms with van der Waals surface area (Å²) in [5.74, 6) is -0.223. The highest BCUT2D eigenvalue weighted by Crippen LogP contribution is 2.26. The molecule has 4 rings (SSSR count). The molecule has 0 bridgehead atoms. The molecule has 30 heavy (non-hydrogen) atoms. The van der Waals surface area contributed by atoms with Gasteiger partial charge in [0.2, 0.25) is 10.0 Å². The van der Waals surface area contributed by atoms with Crippen LogP contribution in [-0.2, 0) is 16.6 Å². The lowest BCUT2D eigenvalue weighted by Gasteiger charge is -2.30. The predicted molar refractivity (Wildman–Crippen MR) is 113 cm³/mol. The third kappa shape index (κ3) is 4.44. The number of nitrogens with zero attached hydrogens (tertiary/aromatic N) is 2. The SMILES string of the molecule is CS(=O)(=O)N1CCC[C@H](c2ccc(C(=O)NCc3ccc4[nH]c(=O)[nH]c4c3)cn2)C1. The van der Waals surface area contributed by atoms with E-state index >= 15 is 0 Å². The Hall–Kier alpha value is -2.98. The van der Waals surface area contributed by atoms with Crippen LogP contribution in [0.2, 0.25) is 0 Å². The average Bonchev–Trinajstić information content (AvgIpc) is 3.11. The van der Waals surface area contributed by atoms with E-state index in [4.69, 9.17) is 0 Å². The van der Waals surface area contributed by atoms with Gasteiger partial charge >= 0.3 is 5.69 Å². The fraction of sp³-hybridized carbons (Fsp3) is 0.350. The fourth-order valence-electron chi connectivity index (χ4n) is 3.74. The first-order chi connectivity index (χ1) is 14.3. The van der Waals surface area contributed by atoms with Crippen molar-refractivity contribution in [3.8, 4) is 0 Å². The minimum Gasteiger partial charge on any atom is -0.348 e. The lowest BCUT2D eigenvalue weighted by atomic mass is 9.95. The van der Waals surface area contributed by atoms with Crippen molar-refractivity contribution in [3.63, 3.8) is 0 Å². The van der Waals surface area contributed by atoms with Crippen molar-refractivity contribution < 1.29 is 13.2 Å². The zero-order chi connectivity index (χ0) is 21.3. The molecule has 1 fully saturated rings. The Balaban J connectivity index is 1.39. The summed E-state index contributed by atoms with van der Waals surface area (Å²) >= 11 is 0. The van der Waals surface area contributed by atoms with Gasteiger partial charge < -0.3 is 15.3 Å². The second kappa shape index (κ2) is 8.04. The Morgan fingerprint density at radius 3 is 2.77 bits per heavy atom. The molecule has 1 saturated heterocycles. The number of aromatic nitrogens is 3. The maximum atomic E-state index is 12.5. The summed E-state index contributed by atoms with van der Waals surface area (Å²) < 4.78 is 25.1. The highest BCUT2D eigenvalue weighted by molar-refractivity contribution is 7.88. The van der Waals surface area contributed by atoms with Gasteiger partial charge in [-0.3, -0.25) is 9.78 Å². The summed E-state index contributed by atoms with van der Waals surface area (Å²) in [7, 11) is -3.21. The Morgan fingerprint density at radius 1 is 1.23 bits per heavy atom. The maximum Gasteiger partial charge on any atom is 0.323 e. The molecule has 1 amide bonds. The van der Waals surface area contributed by atoms with Crippen LogP contribution in [0.4, 0.5) is 0 Å². The van der Waals surface area contributed by atoms with Crippen molar-refractivity contribution in [3.05, 3.63) is 63.8 Å². The molecular weight excluding hydrogens is 406 g/mol. The molecule has 1 aliphatic heterocycles. The van der Waals surface area contributed by atoms with Gasteiger partial charge in [0.05, 0.1) is 22.9 Å². The lowest BCUT2D eigenvalue weighted by molar-refractivity contribution is 0.0950. The fourth-order valence-corrected chi connectivity index (χ4v) is 4.65. The second-order valence-electron chi connectivity index (χ2n) is 7.57. The van der Waals surface area contributed by atoms with E-state index in [0.29, 0.717) is 36.2 Å². The number of rotatable bonds is 5. The number of hydrogen-bond acceptors (Lipinski definition) is 5. The summed E-state index contributed by atoms with van der Waals surface area (Å²) in [5, 5.41) is 2.84. The molecule has 9 nitrogen and oxygen atoms in total. The van der Waals surface area contributed by atoms with E-state index in [0.717, 1.165) is 24.1 Å². The predicted octanol–water partition coefficient (Wildman–Crippen LogP) is 1.32. The van der Waals surface area contributed by atoms with Crippen LogP contribution >= 0.6 is 0 Å². The number of hydrogen-bond donors (Lipinski definition) is 3. The zero-order valence-electron chi connectivity index (χ0n) is 16.5. The van der Waals surface area contributed by atoms with E-state index in [1.807, 2.05) is 12.1 Å². The van der Waals surface area contributed by atoms with Gasteiger partial charge in [-0.25, -0.2) is 17.5 Å². The molecule has 3 aromatic rings. The van der Waals surface area contributed by atoms with E-state index in [1.54, 1.807) is 18.2 Å². The second-order valence-corrected chi connectivity index (χ2v) is 9.56. The normalized spacial score (nSPS) is 17.8. The van der Waals surface area contributed by atoms with E-state index in [1.165, 1.54) is 16.8 Å². The molecule has 3 heterocycles. The van der Waals surface area contributed by atoms with Crippen LogP contribution in [0.15, 0.2) is 41.3 Å². The molecule has 2 aromatic heterocycles. The molecule has 0 radical (unpaired) electrons. The Kier molecular flexibility index (Phi) is 5.44. The first kappa shape index (κ1) is 20.3. The molecule has 1 aromatic carbocycles. The number of fused-ring (bicyclic) bond motifs is 1. The van der Waals surface area contributed by atoms with Crippen LogP contribution in [0.5, 0.6) is 0 Å². The van der Waals surface area contributed by atoms with E-state index < -0.39 is 10.0 Å². The average molecular weight is 430 g/mol. The van der Waals surface area contributed by atoms with Crippen LogP contribution in [-0.4, -0.2) is 52.9 Å². The number of carbonyl (C=O) groups excluding carboxylic acids is 1. The van der Waals surface area contributed by atoms with E-state index in [9.17, 15) is 18.0 Å².